The lowest BCUT2D eigenvalue weighted by molar-refractivity contribution is -0.141. The van der Waals surface area contributed by atoms with Crippen LogP contribution in [-0.4, -0.2) is 30.0 Å². The van der Waals surface area contributed by atoms with E-state index in [9.17, 15) is 9.59 Å². The minimum Gasteiger partial charge on any atom is -0.496 e. The predicted molar refractivity (Wildman–Crippen MR) is 120 cm³/mol. The first kappa shape index (κ1) is 22.4. The van der Waals surface area contributed by atoms with Gasteiger partial charge in [0.25, 0.3) is 5.91 Å². The van der Waals surface area contributed by atoms with Crippen LogP contribution in [0.4, 0.5) is 0 Å². The van der Waals surface area contributed by atoms with Crippen molar-refractivity contribution in [1.29, 1.82) is 0 Å². The van der Waals surface area contributed by atoms with Crippen LogP contribution >= 0.6 is 11.6 Å². The van der Waals surface area contributed by atoms with E-state index in [1.54, 1.807) is 24.0 Å². The monoisotopic (exact) mass is 437 g/mol. The van der Waals surface area contributed by atoms with Gasteiger partial charge in [-0.1, -0.05) is 72.3 Å². The van der Waals surface area contributed by atoms with Gasteiger partial charge in [-0.15, -0.1) is 0 Å². The lowest BCUT2D eigenvalue weighted by atomic mass is 10.1. The molecular formula is C25H24ClNO4. The molecule has 31 heavy (non-hydrogen) atoms. The van der Waals surface area contributed by atoms with Gasteiger partial charge in [0, 0.05) is 18.1 Å². The van der Waals surface area contributed by atoms with Gasteiger partial charge in [0.05, 0.1) is 7.11 Å². The van der Waals surface area contributed by atoms with Crippen LogP contribution in [0.15, 0.2) is 78.9 Å². The Kier molecular flexibility index (Phi) is 7.68. The molecule has 0 fully saturated rings. The normalized spacial score (nSPS) is 11.5. The third-order valence-corrected chi connectivity index (χ3v) is 4.99. The maximum Gasteiger partial charge on any atom is 0.342 e. The zero-order valence-corrected chi connectivity index (χ0v) is 18.2. The highest BCUT2D eigenvalue weighted by atomic mass is 35.5. The van der Waals surface area contributed by atoms with E-state index in [-0.39, 0.29) is 11.5 Å². The average molecular weight is 438 g/mol. The average Bonchev–Trinajstić information content (AvgIpc) is 2.79. The second kappa shape index (κ2) is 10.6. The van der Waals surface area contributed by atoms with Gasteiger partial charge < -0.3 is 14.4 Å². The van der Waals surface area contributed by atoms with Crippen molar-refractivity contribution in [2.45, 2.75) is 26.1 Å². The molecule has 3 aromatic rings. The lowest BCUT2D eigenvalue weighted by Gasteiger charge is -2.26. The van der Waals surface area contributed by atoms with Gasteiger partial charge in [0.15, 0.2) is 6.10 Å². The van der Waals surface area contributed by atoms with Crippen molar-refractivity contribution < 1.29 is 19.1 Å². The molecule has 6 heteroatoms. The minimum absolute atomic E-state index is 0.173. The maximum atomic E-state index is 13.2. The molecule has 160 valence electrons. The van der Waals surface area contributed by atoms with Crippen molar-refractivity contribution in [2.24, 2.45) is 0 Å². The van der Waals surface area contributed by atoms with E-state index in [0.717, 1.165) is 11.1 Å². The van der Waals surface area contributed by atoms with Crippen LogP contribution in [0.3, 0.4) is 0 Å². The summed E-state index contributed by atoms with van der Waals surface area (Å²) in [4.78, 5) is 27.6. The highest BCUT2D eigenvalue weighted by Gasteiger charge is 2.26. The van der Waals surface area contributed by atoms with Gasteiger partial charge in [0.1, 0.15) is 11.3 Å². The van der Waals surface area contributed by atoms with Gasteiger partial charge in [-0.3, -0.25) is 4.79 Å². The van der Waals surface area contributed by atoms with E-state index in [1.807, 2.05) is 60.7 Å². The van der Waals surface area contributed by atoms with Gasteiger partial charge in [-0.2, -0.15) is 0 Å². The number of methoxy groups -OCH3 is 1. The first-order valence-corrected chi connectivity index (χ1v) is 10.3. The number of rotatable bonds is 8. The zero-order chi connectivity index (χ0) is 22.2. The molecular weight excluding hydrogens is 414 g/mol. The van der Waals surface area contributed by atoms with Crippen LogP contribution in [0.5, 0.6) is 5.75 Å². The molecule has 0 saturated heterocycles. The Hall–Kier alpha value is -3.31. The number of hydrogen-bond acceptors (Lipinski definition) is 4. The molecule has 3 aromatic carbocycles. The molecule has 0 saturated carbocycles. The molecule has 1 atom stereocenters. The van der Waals surface area contributed by atoms with E-state index >= 15 is 0 Å². The molecule has 0 aliphatic carbocycles. The van der Waals surface area contributed by atoms with Crippen LogP contribution in [0.1, 0.15) is 28.4 Å². The zero-order valence-electron chi connectivity index (χ0n) is 17.5. The fraction of sp³-hybridized carbons (Fsp3) is 0.200. The Bertz CT molecular complexity index is 983. The Morgan fingerprint density at radius 2 is 1.45 bits per heavy atom. The van der Waals surface area contributed by atoms with Crippen LogP contribution in [-0.2, 0) is 22.6 Å². The van der Waals surface area contributed by atoms with Crippen molar-refractivity contribution in [3.63, 3.8) is 0 Å². The molecule has 0 heterocycles. The molecule has 0 spiro atoms. The number of esters is 1. The first-order valence-electron chi connectivity index (χ1n) is 9.89. The fourth-order valence-corrected chi connectivity index (χ4v) is 3.36. The van der Waals surface area contributed by atoms with Crippen molar-refractivity contribution in [1.82, 2.24) is 4.90 Å². The Morgan fingerprint density at radius 3 is 1.97 bits per heavy atom. The third-order valence-electron chi connectivity index (χ3n) is 4.76. The lowest BCUT2D eigenvalue weighted by Crippen LogP contribution is -2.39. The summed E-state index contributed by atoms with van der Waals surface area (Å²) in [7, 11) is 1.45. The Labute approximate surface area is 187 Å². The number of halogens is 1. The van der Waals surface area contributed by atoms with Crippen molar-refractivity contribution >= 4 is 23.5 Å². The number of amides is 1. The van der Waals surface area contributed by atoms with Gasteiger partial charge in [-0.25, -0.2) is 4.79 Å². The van der Waals surface area contributed by atoms with Crippen LogP contribution in [0.2, 0.25) is 5.02 Å². The standard InChI is InChI=1S/C25H24ClNO4/c1-18(31-25(29)22-15-21(26)13-14-23(22)30-2)24(28)27(16-19-9-5-3-6-10-19)17-20-11-7-4-8-12-20/h3-15,18H,16-17H2,1-2H3. The Balaban J connectivity index is 1.77. The summed E-state index contributed by atoms with van der Waals surface area (Å²) < 4.78 is 10.7. The van der Waals surface area contributed by atoms with E-state index in [4.69, 9.17) is 21.1 Å². The molecule has 0 N–H and O–H groups in total. The quantitative estimate of drug-likeness (QED) is 0.459. The van der Waals surface area contributed by atoms with Gasteiger partial charge in [-0.05, 0) is 36.2 Å². The highest BCUT2D eigenvalue weighted by Crippen LogP contribution is 2.24. The minimum atomic E-state index is -0.983. The number of carbonyl (C=O) groups is 2. The number of nitrogens with zero attached hydrogens (tertiary/aromatic N) is 1. The van der Waals surface area contributed by atoms with Crippen LogP contribution in [0.25, 0.3) is 0 Å². The third kappa shape index (κ3) is 6.09. The van der Waals surface area contributed by atoms with Crippen LogP contribution < -0.4 is 4.74 Å². The number of carbonyl (C=O) groups excluding carboxylic acids is 2. The molecule has 0 aliphatic heterocycles. The molecule has 0 bridgehead atoms. The van der Waals surface area contributed by atoms with E-state index in [1.165, 1.54) is 13.2 Å². The van der Waals surface area contributed by atoms with Crippen molar-refractivity contribution in [3.8, 4) is 5.75 Å². The Morgan fingerprint density at radius 1 is 0.903 bits per heavy atom. The summed E-state index contributed by atoms with van der Waals surface area (Å²) in [6, 6.07) is 24.1. The molecule has 3 rings (SSSR count). The topological polar surface area (TPSA) is 55.8 Å². The second-order valence-electron chi connectivity index (χ2n) is 7.06. The fourth-order valence-electron chi connectivity index (χ4n) is 3.19. The number of ether oxygens (including phenoxy) is 2. The molecule has 0 aliphatic rings. The van der Waals surface area contributed by atoms with Gasteiger partial charge in [0.2, 0.25) is 0 Å². The molecule has 0 aromatic heterocycles. The second-order valence-corrected chi connectivity index (χ2v) is 7.49. The largest absolute Gasteiger partial charge is 0.496 e. The molecule has 1 amide bonds. The smallest absolute Gasteiger partial charge is 0.342 e. The summed E-state index contributed by atoms with van der Waals surface area (Å²) in [6.07, 6.45) is -0.983. The van der Waals surface area contributed by atoms with Crippen LogP contribution in [0, 0.1) is 0 Å². The maximum absolute atomic E-state index is 13.2. The SMILES string of the molecule is COc1ccc(Cl)cc1C(=O)OC(C)C(=O)N(Cc1ccccc1)Cc1ccccc1. The van der Waals surface area contributed by atoms with Crippen molar-refractivity contribution in [3.05, 3.63) is 101 Å². The summed E-state index contributed by atoms with van der Waals surface area (Å²) in [6.45, 7) is 2.37. The molecule has 5 nitrogen and oxygen atoms in total. The summed E-state index contributed by atoms with van der Waals surface area (Å²) in [5, 5.41) is 0.376. The van der Waals surface area contributed by atoms with E-state index in [2.05, 4.69) is 0 Å². The molecule has 1 unspecified atom stereocenters. The first-order chi connectivity index (χ1) is 15.0. The predicted octanol–water partition coefficient (Wildman–Crippen LogP) is 5.12. The number of benzene rings is 3. The number of hydrogen-bond donors (Lipinski definition) is 0. The summed E-state index contributed by atoms with van der Waals surface area (Å²) >= 11 is 6.01. The van der Waals surface area contributed by atoms with E-state index in [0.29, 0.717) is 23.9 Å². The molecule has 0 radical (unpaired) electrons. The summed E-state index contributed by atoms with van der Waals surface area (Å²) in [5.41, 5.74) is 2.15. The van der Waals surface area contributed by atoms with Crippen molar-refractivity contribution in [2.75, 3.05) is 7.11 Å². The summed E-state index contributed by atoms with van der Waals surface area (Å²) in [5.74, 6) is -0.624. The highest BCUT2D eigenvalue weighted by molar-refractivity contribution is 6.31. The van der Waals surface area contributed by atoms with Gasteiger partial charge >= 0.3 is 5.97 Å². The van der Waals surface area contributed by atoms with E-state index < -0.39 is 12.1 Å².